The predicted octanol–water partition coefficient (Wildman–Crippen LogP) is 1.22. The zero-order chi connectivity index (χ0) is 13.3. The van der Waals surface area contributed by atoms with E-state index >= 15 is 0 Å². The van der Waals surface area contributed by atoms with Crippen LogP contribution in [0.3, 0.4) is 0 Å². The number of aromatic nitrogens is 3. The summed E-state index contributed by atoms with van der Waals surface area (Å²) in [6.45, 7) is 6.24. The molecule has 2 aromatic rings. The summed E-state index contributed by atoms with van der Waals surface area (Å²) in [5, 5.41) is 0.876. The fourth-order valence-corrected chi connectivity index (χ4v) is 2.61. The van der Waals surface area contributed by atoms with Gasteiger partial charge in [-0.2, -0.15) is 0 Å². The maximum absolute atomic E-state index is 11.7. The molecule has 0 fully saturated rings. The van der Waals surface area contributed by atoms with Gasteiger partial charge in [-0.3, -0.25) is 14.3 Å². The summed E-state index contributed by atoms with van der Waals surface area (Å²) >= 11 is 1.57. The summed E-state index contributed by atoms with van der Waals surface area (Å²) in [7, 11) is 0. The molecular formula is C12H15N3O2S. The first-order valence-electron chi connectivity index (χ1n) is 5.76. The van der Waals surface area contributed by atoms with E-state index in [9.17, 15) is 9.59 Å². The highest BCUT2D eigenvalue weighted by Gasteiger charge is 2.07. The Kier molecular flexibility index (Phi) is 3.47. The van der Waals surface area contributed by atoms with Crippen LogP contribution in [0, 0.1) is 13.8 Å². The fourth-order valence-electron chi connectivity index (χ4n) is 1.68. The lowest BCUT2D eigenvalue weighted by Crippen LogP contribution is -2.31. The summed E-state index contributed by atoms with van der Waals surface area (Å²) in [6.07, 6.45) is 2.22. The van der Waals surface area contributed by atoms with Gasteiger partial charge in [0.15, 0.2) is 0 Å². The molecule has 0 aliphatic carbocycles. The van der Waals surface area contributed by atoms with Gasteiger partial charge in [0.2, 0.25) is 0 Å². The van der Waals surface area contributed by atoms with Gasteiger partial charge in [0, 0.05) is 16.6 Å². The van der Waals surface area contributed by atoms with Crippen LogP contribution in [0.25, 0.3) is 0 Å². The molecule has 0 saturated carbocycles. The number of thiazole rings is 1. The first-order valence-corrected chi connectivity index (χ1v) is 6.58. The van der Waals surface area contributed by atoms with Gasteiger partial charge in [-0.25, -0.2) is 9.78 Å². The third-order valence-corrected chi connectivity index (χ3v) is 3.90. The summed E-state index contributed by atoms with van der Waals surface area (Å²) in [5.74, 6) is 0. The molecule has 0 spiro atoms. The minimum absolute atomic E-state index is 0.301. The molecule has 1 N–H and O–H groups in total. The Morgan fingerprint density at radius 3 is 2.67 bits per heavy atom. The molecule has 0 aliphatic rings. The van der Waals surface area contributed by atoms with E-state index in [-0.39, 0.29) is 11.2 Å². The number of nitrogens with one attached hydrogen (secondary N) is 1. The second-order valence-corrected chi connectivity index (χ2v) is 5.43. The molecule has 0 radical (unpaired) electrons. The van der Waals surface area contributed by atoms with E-state index < -0.39 is 0 Å². The summed E-state index contributed by atoms with van der Waals surface area (Å²) in [5.41, 5.74) is 0.913. The Hall–Kier alpha value is -1.69. The highest BCUT2D eigenvalue weighted by molar-refractivity contribution is 7.11. The van der Waals surface area contributed by atoms with Crippen molar-refractivity contribution in [1.29, 1.82) is 0 Å². The first kappa shape index (κ1) is 12.8. The Balaban J connectivity index is 2.40. The molecule has 0 saturated heterocycles. The summed E-state index contributed by atoms with van der Waals surface area (Å²) < 4.78 is 1.50. The predicted molar refractivity (Wildman–Crippen MR) is 71.4 cm³/mol. The average molecular weight is 265 g/mol. The van der Waals surface area contributed by atoms with Crippen LogP contribution in [0.15, 0.2) is 15.8 Å². The Bertz CT molecular complexity index is 662. The van der Waals surface area contributed by atoms with Crippen molar-refractivity contribution in [2.24, 2.45) is 0 Å². The van der Waals surface area contributed by atoms with Crippen molar-refractivity contribution < 1.29 is 0 Å². The van der Waals surface area contributed by atoms with Crippen molar-refractivity contribution in [3.05, 3.63) is 48.2 Å². The van der Waals surface area contributed by atoms with Crippen molar-refractivity contribution in [3.63, 3.8) is 0 Å². The Morgan fingerprint density at radius 2 is 2.11 bits per heavy atom. The summed E-state index contributed by atoms with van der Waals surface area (Å²) in [4.78, 5) is 31.0. The van der Waals surface area contributed by atoms with Crippen molar-refractivity contribution in [2.45, 2.75) is 33.7 Å². The van der Waals surface area contributed by atoms with Gasteiger partial charge in [-0.1, -0.05) is 6.92 Å². The van der Waals surface area contributed by atoms with Crippen molar-refractivity contribution in [2.75, 3.05) is 0 Å². The van der Waals surface area contributed by atoms with Crippen molar-refractivity contribution >= 4 is 11.3 Å². The van der Waals surface area contributed by atoms with Crippen LogP contribution in [-0.4, -0.2) is 14.5 Å². The SMILES string of the molecule is CCc1cn(Cc2nc(C)c(C)s2)c(=O)[nH]c1=O. The largest absolute Gasteiger partial charge is 0.328 e. The number of hydrogen-bond donors (Lipinski definition) is 1. The highest BCUT2D eigenvalue weighted by Crippen LogP contribution is 2.16. The average Bonchev–Trinajstić information content (AvgIpc) is 2.62. The molecule has 5 nitrogen and oxygen atoms in total. The lowest BCUT2D eigenvalue weighted by molar-refractivity contribution is 0.703. The zero-order valence-electron chi connectivity index (χ0n) is 10.6. The van der Waals surface area contributed by atoms with Crippen LogP contribution in [0.5, 0.6) is 0 Å². The smallest absolute Gasteiger partial charge is 0.293 e. The number of aryl methyl sites for hydroxylation is 3. The molecule has 2 heterocycles. The second kappa shape index (κ2) is 4.89. The highest BCUT2D eigenvalue weighted by atomic mass is 32.1. The van der Waals surface area contributed by atoms with Crippen LogP contribution in [0.4, 0.5) is 0 Å². The van der Waals surface area contributed by atoms with Crippen LogP contribution < -0.4 is 11.2 Å². The molecular weight excluding hydrogens is 250 g/mol. The van der Waals surface area contributed by atoms with E-state index in [0.717, 1.165) is 15.6 Å². The Labute approximate surface area is 108 Å². The number of aromatic amines is 1. The molecule has 2 aromatic heterocycles. The summed E-state index contributed by atoms with van der Waals surface area (Å²) in [6, 6.07) is 0. The van der Waals surface area contributed by atoms with Crippen molar-refractivity contribution in [1.82, 2.24) is 14.5 Å². The monoisotopic (exact) mass is 265 g/mol. The molecule has 0 bridgehead atoms. The van der Waals surface area contributed by atoms with Gasteiger partial charge in [0.25, 0.3) is 5.56 Å². The molecule has 18 heavy (non-hydrogen) atoms. The van der Waals surface area contributed by atoms with Gasteiger partial charge in [0.05, 0.1) is 12.2 Å². The molecule has 0 amide bonds. The van der Waals surface area contributed by atoms with E-state index in [1.807, 2.05) is 20.8 Å². The molecule has 96 valence electrons. The quantitative estimate of drug-likeness (QED) is 0.907. The minimum atomic E-state index is -0.386. The molecule has 6 heteroatoms. The Morgan fingerprint density at radius 1 is 1.39 bits per heavy atom. The maximum atomic E-state index is 11.7. The van der Waals surface area contributed by atoms with Gasteiger partial charge in [0.1, 0.15) is 5.01 Å². The maximum Gasteiger partial charge on any atom is 0.328 e. The van der Waals surface area contributed by atoms with Crippen LogP contribution in [-0.2, 0) is 13.0 Å². The first-order chi connectivity index (χ1) is 8.51. The lowest BCUT2D eigenvalue weighted by Gasteiger charge is -2.04. The number of H-pyrrole nitrogens is 1. The number of nitrogens with zero attached hydrogens (tertiary/aromatic N) is 2. The van der Waals surface area contributed by atoms with E-state index in [4.69, 9.17) is 0 Å². The minimum Gasteiger partial charge on any atom is -0.293 e. The van der Waals surface area contributed by atoms with Crippen LogP contribution >= 0.6 is 11.3 Å². The molecule has 2 rings (SSSR count). The molecule has 0 unspecified atom stereocenters. The fraction of sp³-hybridized carbons (Fsp3) is 0.417. The topological polar surface area (TPSA) is 67.8 Å². The van der Waals surface area contributed by atoms with Gasteiger partial charge in [-0.15, -0.1) is 11.3 Å². The van der Waals surface area contributed by atoms with E-state index in [1.165, 1.54) is 4.57 Å². The number of hydrogen-bond acceptors (Lipinski definition) is 4. The third-order valence-electron chi connectivity index (χ3n) is 2.84. The van der Waals surface area contributed by atoms with Crippen LogP contribution in [0.1, 0.15) is 28.1 Å². The van der Waals surface area contributed by atoms with E-state index in [1.54, 1.807) is 17.5 Å². The van der Waals surface area contributed by atoms with E-state index in [2.05, 4.69) is 9.97 Å². The van der Waals surface area contributed by atoms with Gasteiger partial charge >= 0.3 is 5.69 Å². The van der Waals surface area contributed by atoms with Gasteiger partial charge in [-0.05, 0) is 20.3 Å². The van der Waals surface area contributed by atoms with Gasteiger partial charge < -0.3 is 0 Å². The molecule has 0 aliphatic heterocycles. The third kappa shape index (κ3) is 2.43. The van der Waals surface area contributed by atoms with Crippen molar-refractivity contribution in [3.8, 4) is 0 Å². The molecule has 0 atom stereocenters. The van der Waals surface area contributed by atoms with Crippen LogP contribution in [0.2, 0.25) is 0 Å². The second-order valence-electron chi connectivity index (χ2n) is 4.14. The lowest BCUT2D eigenvalue weighted by atomic mass is 10.3. The zero-order valence-corrected chi connectivity index (χ0v) is 11.4. The normalized spacial score (nSPS) is 10.8. The standard InChI is InChI=1S/C12H15N3O2S/c1-4-9-5-15(12(17)14-11(9)16)6-10-13-7(2)8(3)18-10/h5H,4,6H2,1-3H3,(H,14,16,17). The molecule has 0 aromatic carbocycles. The number of rotatable bonds is 3. The van der Waals surface area contributed by atoms with E-state index in [0.29, 0.717) is 18.5 Å².